The molecule has 20 nitrogen and oxygen atoms in total. The van der Waals surface area contributed by atoms with Crippen LogP contribution in [0.2, 0.25) is 0 Å². The maximum atomic E-state index is 12.5. The first-order valence-electron chi connectivity index (χ1n) is 18.2. The predicted molar refractivity (Wildman–Crippen MR) is 185 cm³/mol. The molecule has 0 aromatic heterocycles. The number of carbonyl (C=O) groups is 4. The van der Waals surface area contributed by atoms with Crippen LogP contribution in [-0.2, 0) is 47.3 Å². The van der Waals surface area contributed by atoms with Crippen LogP contribution in [0, 0.1) is 0 Å². The van der Waals surface area contributed by atoms with Crippen LogP contribution in [0.25, 0.3) is 0 Å². The summed E-state index contributed by atoms with van der Waals surface area (Å²) < 4.78 is 40.2. The minimum Gasteiger partial charge on any atom is -0.491 e. The first-order chi connectivity index (χ1) is 26.1. The molecule has 1 aromatic carbocycles. The monoisotopic (exact) mass is 806 g/mol. The second kappa shape index (κ2) is 20.4. The first kappa shape index (κ1) is 44.6. The molecule has 8 N–H and O–H groups in total. The number of hydrogen-bond donors (Lipinski definition) is 8. The third-order valence-corrected chi connectivity index (χ3v) is 10.7. The summed E-state index contributed by atoms with van der Waals surface area (Å²) in [5.74, 6) is -4.62. The van der Waals surface area contributed by atoms with Gasteiger partial charge in [-0.2, -0.15) is 0 Å². The van der Waals surface area contributed by atoms with Crippen LogP contribution < -0.4 is 10.1 Å². The van der Waals surface area contributed by atoms with Crippen molar-refractivity contribution in [2.75, 3.05) is 31.3 Å². The molecule has 0 aliphatic carbocycles. The van der Waals surface area contributed by atoms with E-state index in [1.165, 1.54) is 24.3 Å². The minimum atomic E-state index is -4.10. The van der Waals surface area contributed by atoms with E-state index in [-0.39, 0.29) is 44.0 Å². The smallest absolute Gasteiger partial charge is 0.333 e. The lowest BCUT2D eigenvalue weighted by molar-refractivity contribution is -0.383. The van der Waals surface area contributed by atoms with Gasteiger partial charge >= 0.3 is 13.6 Å². The maximum absolute atomic E-state index is 12.5. The third kappa shape index (κ3) is 12.2. The number of nitrogens with one attached hydrogen (secondary N) is 1. The number of benzene rings is 1. The predicted octanol–water partition coefficient (Wildman–Crippen LogP) is -0.413. The average molecular weight is 807 g/mol. The van der Waals surface area contributed by atoms with E-state index >= 15 is 0 Å². The highest BCUT2D eigenvalue weighted by Gasteiger charge is 2.58. The number of hydroxylamine groups is 2. The van der Waals surface area contributed by atoms with Gasteiger partial charge in [-0.25, -0.2) is 4.79 Å². The Balaban J connectivity index is 1.24. The van der Waals surface area contributed by atoms with E-state index in [1.807, 2.05) is 6.92 Å². The third-order valence-electron chi connectivity index (χ3n) is 9.23. The molecule has 0 saturated carbocycles. The highest BCUT2D eigenvalue weighted by atomic mass is 31.2. The second-order valence-corrected chi connectivity index (χ2v) is 15.5. The molecule has 3 fully saturated rings. The van der Waals surface area contributed by atoms with Gasteiger partial charge in [0.1, 0.15) is 61.7 Å². The van der Waals surface area contributed by atoms with Gasteiger partial charge < -0.3 is 69.2 Å². The average Bonchev–Trinajstić information content (AvgIpc) is 3.59. The number of ether oxygens (including phenoxy) is 4. The standard InChI is InChI=1S/C34H51N2O18P/c1-2-3-4-5-6-16-55(47,48)50-18-22-28(42)30(44)31(45)33(51-22)53-34(19-37)32(46)29(43)23(52-34)17-49-21-12-10-20(11-13-21)35-24(38)8-7-9-27(41)54-36-25(39)14-15-26(36)40/h10-13,22-23,28-33,37,42-46H,2-9,14-19H2,1H3,(H,35,38)(H,47,48)/t22-,23-,28-,29-,30+,31-,32+,33-,34+/m1/s1. The number of amides is 3. The van der Waals surface area contributed by atoms with Gasteiger partial charge in [0.25, 0.3) is 11.8 Å². The summed E-state index contributed by atoms with van der Waals surface area (Å²) in [6.07, 6.45) is -10.3. The van der Waals surface area contributed by atoms with Crippen molar-refractivity contribution in [3.8, 4) is 5.75 Å². The van der Waals surface area contributed by atoms with Crippen molar-refractivity contribution in [3.63, 3.8) is 0 Å². The molecule has 0 bridgehead atoms. The van der Waals surface area contributed by atoms with Crippen molar-refractivity contribution < 1.29 is 87.6 Å². The van der Waals surface area contributed by atoms with Crippen LogP contribution in [0.1, 0.15) is 71.1 Å². The Labute approximate surface area is 316 Å². The summed E-state index contributed by atoms with van der Waals surface area (Å²) in [7, 11) is -4.10. The van der Waals surface area contributed by atoms with Crippen LogP contribution in [-0.4, -0.2) is 145 Å². The van der Waals surface area contributed by atoms with Crippen molar-refractivity contribution >= 4 is 37.0 Å². The van der Waals surface area contributed by atoms with Gasteiger partial charge in [0.05, 0.1) is 6.61 Å². The highest BCUT2D eigenvalue weighted by molar-refractivity contribution is 7.52. The Morgan fingerprint density at radius 1 is 0.891 bits per heavy atom. The minimum absolute atomic E-state index is 0.0313. The Morgan fingerprint density at radius 3 is 2.22 bits per heavy atom. The first-order valence-corrected chi connectivity index (χ1v) is 19.9. The van der Waals surface area contributed by atoms with Gasteiger partial charge in [-0.05, 0) is 37.1 Å². The molecule has 0 radical (unpaired) electrons. The van der Waals surface area contributed by atoms with Crippen molar-refractivity contribution in [3.05, 3.63) is 24.3 Å². The molecule has 10 atom stereocenters. The van der Waals surface area contributed by atoms with Crippen LogP contribution in [0.5, 0.6) is 5.75 Å². The van der Waals surface area contributed by atoms with Gasteiger partial charge in [-0.3, -0.25) is 18.9 Å². The quantitative estimate of drug-likeness (QED) is 0.0445. The van der Waals surface area contributed by atoms with E-state index in [2.05, 4.69) is 5.32 Å². The van der Waals surface area contributed by atoms with Gasteiger partial charge in [-0.1, -0.05) is 32.6 Å². The molecular weight excluding hydrogens is 755 g/mol. The molecule has 55 heavy (non-hydrogen) atoms. The fraction of sp³-hybridized carbons (Fsp3) is 0.706. The topological polar surface area (TPSA) is 298 Å². The number of aliphatic hydroxyl groups excluding tert-OH is 6. The zero-order valence-electron chi connectivity index (χ0n) is 30.3. The molecular formula is C34H51N2O18P. The van der Waals surface area contributed by atoms with Crippen LogP contribution in [0.3, 0.4) is 0 Å². The largest absolute Gasteiger partial charge is 0.491 e. The van der Waals surface area contributed by atoms with Gasteiger partial charge in [0.2, 0.25) is 11.7 Å². The van der Waals surface area contributed by atoms with Crippen LogP contribution in [0.4, 0.5) is 5.69 Å². The lowest BCUT2D eigenvalue weighted by Gasteiger charge is -2.43. The van der Waals surface area contributed by atoms with Crippen molar-refractivity contribution in [2.24, 2.45) is 0 Å². The number of unbranched alkanes of at least 4 members (excludes halogenated alkanes) is 4. The van der Waals surface area contributed by atoms with Crippen LogP contribution in [0.15, 0.2) is 24.3 Å². The molecule has 1 unspecified atom stereocenters. The Kier molecular flexibility index (Phi) is 16.5. The molecule has 4 rings (SSSR count). The molecule has 3 amide bonds. The molecule has 1 aromatic rings. The molecule has 3 saturated heterocycles. The number of hydrogen-bond acceptors (Lipinski definition) is 17. The SMILES string of the molecule is CCCCCCCP(=O)(O)OC[C@H]1O[C@H](O[C@]2(CO)O[C@H](COc3ccc(NC(=O)CCCC(=O)ON4C(=O)CCC4=O)cc3)[C@@H](O)[C@@H]2O)[C@H](O)[C@@H](O)[C@@H]1O. The summed E-state index contributed by atoms with van der Waals surface area (Å²) in [5, 5.41) is 66.5. The summed E-state index contributed by atoms with van der Waals surface area (Å²) in [4.78, 5) is 62.4. The fourth-order valence-corrected chi connectivity index (χ4v) is 7.14. The molecule has 3 aliphatic heterocycles. The van der Waals surface area contributed by atoms with E-state index in [0.29, 0.717) is 17.2 Å². The number of aliphatic hydroxyl groups is 6. The van der Waals surface area contributed by atoms with Gasteiger partial charge in [0.15, 0.2) is 6.29 Å². The number of carbonyl (C=O) groups excluding carboxylic acids is 4. The summed E-state index contributed by atoms with van der Waals surface area (Å²) >= 11 is 0. The van der Waals surface area contributed by atoms with E-state index in [0.717, 1.165) is 25.7 Å². The van der Waals surface area contributed by atoms with E-state index in [4.69, 9.17) is 28.3 Å². The number of anilines is 1. The lowest BCUT2D eigenvalue weighted by Crippen LogP contribution is -2.62. The Morgan fingerprint density at radius 2 is 1.56 bits per heavy atom. The lowest BCUT2D eigenvalue weighted by atomic mass is 9.99. The Hall–Kier alpha value is -3.11. The highest BCUT2D eigenvalue weighted by Crippen LogP contribution is 2.44. The molecule has 3 heterocycles. The number of imide groups is 1. The van der Waals surface area contributed by atoms with Gasteiger partial charge in [0, 0.05) is 37.5 Å². The van der Waals surface area contributed by atoms with E-state index < -0.39 is 106 Å². The fourth-order valence-electron chi connectivity index (χ4n) is 6.01. The van der Waals surface area contributed by atoms with Crippen molar-refractivity contribution in [1.82, 2.24) is 5.06 Å². The van der Waals surface area contributed by atoms with Crippen LogP contribution >= 0.6 is 7.60 Å². The zero-order valence-corrected chi connectivity index (χ0v) is 31.2. The summed E-state index contributed by atoms with van der Waals surface area (Å²) in [6, 6.07) is 5.95. The maximum Gasteiger partial charge on any atom is 0.333 e. The molecule has 310 valence electrons. The van der Waals surface area contributed by atoms with E-state index in [9.17, 15) is 59.3 Å². The number of nitrogens with zero attached hydrogens (tertiary/aromatic N) is 1. The normalized spacial score (nSPS) is 30.7. The molecule has 21 heteroatoms. The van der Waals surface area contributed by atoms with Crippen molar-refractivity contribution in [1.29, 1.82) is 0 Å². The number of rotatable bonds is 21. The Bertz CT molecular complexity index is 1480. The molecule has 3 aliphatic rings. The summed E-state index contributed by atoms with van der Waals surface area (Å²) in [6.45, 7) is -0.107. The van der Waals surface area contributed by atoms with Crippen molar-refractivity contribution in [2.45, 2.75) is 126 Å². The second-order valence-electron chi connectivity index (χ2n) is 13.5. The van der Waals surface area contributed by atoms with E-state index in [1.54, 1.807) is 0 Å². The molecule has 0 spiro atoms. The zero-order chi connectivity index (χ0) is 40.3. The van der Waals surface area contributed by atoms with Gasteiger partial charge in [-0.15, -0.1) is 5.06 Å². The summed E-state index contributed by atoms with van der Waals surface area (Å²) in [5.41, 5.74) is 0.375.